The zero-order chi connectivity index (χ0) is 27.0. The Morgan fingerprint density at radius 2 is 1.76 bits per heavy atom. The number of carbonyl (C=O) groups excluding carboxylic acids is 2. The number of hydrogen-bond donors (Lipinski definition) is 1. The SMILES string of the molecule is O=C(Nc1ccc2c(c1)N(S(=O)(=O)c1cccc(Cl)c1)CC(CN1CCCC1=O)O2)c1c(Cl)cccc1Cl. The van der Waals surface area contributed by atoms with Crippen LogP contribution >= 0.6 is 34.8 Å². The maximum atomic E-state index is 13.8. The summed E-state index contributed by atoms with van der Waals surface area (Å²) in [5.41, 5.74) is 0.647. The molecular weight excluding hydrogens is 573 g/mol. The number of ether oxygens (including phenoxy) is 1. The second-order valence-corrected chi connectivity index (χ2v) is 12.0. The van der Waals surface area contributed by atoms with E-state index in [4.69, 9.17) is 39.5 Å². The van der Waals surface area contributed by atoms with Gasteiger partial charge in [-0.05, 0) is 55.0 Å². The molecule has 8 nitrogen and oxygen atoms in total. The van der Waals surface area contributed by atoms with E-state index < -0.39 is 22.0 Å². The van der Waals surface area contributed by atoms with Gasteiger partial charge in [-0.25, -0.2) is 8.42 Å². The number of nitrogens with one attached hydrogen (secondary N) is 1. The molecule has 5 rings (SSSR count). The Balaban J connectivity index is 1.51. The Morgan fingerprint density at radius 3 is 2.45 bits per heavy atom. The first-order valence-electron chi connectivity index (χ1n) is 11.8. The van der Waals surface area contributed by atoms with Crippen molar-refractivity contribution >= 4 is 68.0 Å². The molecule has 1 N–H and O–H groups in total. The highest BCUT2D eigenvalue weighted by Crippen LogP contribution is 2.40. The lowest BCUT2D eigenvalue weighted by atomic mass is 10.1. The highest BCUT2D eigenvalue weighted by Gasteiger charge is 2.37. The van der Waals surface area contributed by atoms with Crippen LogP contribution in [-0.4, -0.2) is 50.9 Å². The van der Waals surface area contributed by atoms with Gasteiger partial charge in [-0.1, -0.05) is 46.9 Å². The molecule has 1 saturated heterocycles. The number of sulfonamides is 1. The van der Waals surface area contributed by atoms with Gasteiger partial charge in [0.25, 0.3) is 15.9 Å². The molecule has 0 aliphatic carbocycles. The van der Waals surface area contributed by atoms with Gasteiger partial charge < -0.3 is 15.0 Å². The van der Waals surface area contributed by atoms with E-state index in [1.54, 1.807) is 47.4 Å². The van der Waals surface area contributed by atoms with Crippen LogP contribution < -0.4 is 14.4 Å². The maximum absolute atomic E-state index is 13.8. The van der Waals surface area contributed by atoms with Crippen molar-refractivity contribution in [3.05, 3.63) is 81.3 Å². The highest BCUT2D eigenvalue weighted by molar-refractivity contribution is 7.92. The number of fused-ring (bicyclic) bond motifs is 1. The van der Waals surface area contributed by atoms with Crippen molar-refractivity contribution in [2.45, 2.75) is 23.8 Å². The maximum Gasteiger partial charge on any atom is 0.264 e. The van der Waals surface area contributed by atoms with Crippen molar-refractivity contribution in [1.29, 1.82) is 0 Å². The van der Waals surface area contributed by atoms with Gasteiger partial charge in [-0.15, -0.1) is 0 Å². The average Bonchev–Trinajstić information content (AvgIpc) is 3.27. The van der Waals surface area contributed by atoms with E-state index in [9.17, 15) is 18.0 Å². The Hall–Kier alpha value is -2.98. The number of carbonyl (C=O) groups is 2. The van der Waals surface area contributed by atoms with Crippen LogP contribution in [0.1, 0.15) is 23.2 Å². The normalized spacial score (nSPS) is 17.2. The third-order valence-electron chi connectivity index (χ3n) is 6.32. The fourth-order valence-corrected chi connectivity index (χ4v) is 6.89. The minimum absolute atomic E-state index is 0.00568. The molecule has 0 aromatic heterocycles. The van der Waals surface area contributed by atoms with Crippen LogP contribution in [0.2, 0.25) is 15.1 Å². The van der Waals surface area contributed by atoms with Crippen molar-refractivity contribution in [3.8, 4) is 5.75 Å². The largest absolute Gasteiger partial charge is 0.484 e. The molecule has 2 aliphatic rings. The zero-order valence-electron chi connectivity index (χ0n) is 19.9. The molecule has 0 bridgehead atoms. The topological polar surface area (TPSA) is 96.0 Å². The van der Waals surface area contributed by atoms with Gasteiger partial charge in [-0.2, -0.15) is 0 Å². The van der Waals surface area contributed by atoms with E-state index >= 15 is 0 Å². The first-order chi connectivity index (χ1) is 18.1. The number of anilines is 2. The number of halogens is 3. The number of nitrogens with zero attached hydrogens (tertiary/aromatic N) is 2. The van der Waals surface area contributed by atoms with Gasteiger partial charge in [0.05, 0.1) is 39.3 Å². The van der Waals surface area contributed by atoms with Crippen molar-refractivity contribution in [3.63, 3.8) is 0 Å². The zero-order valence-corrected chi connectivity index (χ0v) is 22.9. The van der Waals surface area contributed by atoms with E-state index in [1.165, 1.54) is 22.5 Å². The van der Waals surface area contributed by atoms with Crippen LogP contribution in [0.15, 0.2) is 65.6 Å². The van der Waals surface area contributed by atoms with Crippen molar-refractivity contribution < 1.29 is 22.7 Å². The third kappa shape index (κ3) is 5.29. The fourth-order valence-electron chi connectivity index (χ4n) is 4.52. The lowest BCUT2D eigenvalue weighted by molar-refractivity contribution is -0.128. The first-order valence-corrected chi connectivity index (χ1v) is 14.3. The minimum atomic E-state index is -4.08. The molecule has 2 amide bonds. The van der Waals surface area contributed by atoms with Crippen molar-refractivity contribution in [2.75, 3.05) is 29.3 Å². The quantitative estimate of drug-likeness (QED) is 0.408. The number of rotatable bonds is 6. The van der Waals surface area contributed by atoms with Crippen molar-refractivity contribution in [1.82, 2.24) is 4.90 Å². The van der Waals surface area contributed by atoms with Crippen LogP contribution in [0.3, 0.4) is 0 Å². The molecule has 12 heteroatoms. The van der Waals surface area contributed by atoms with Crippen LogP contribution in [0.5, 0.6) is 5.75 Å². The van der Waals surface area contributed by atoms with E-state index in [-0.39, 0.29) is 50.2 Å². The molecule has 38 heavy (non-hydrogen) atoms. The number of benzene rings is 3. The Bertz CT molecular complexity index is 1510. The molecule has 0 spiro atoms. The summed E-state index contributed by atoms with van der Waals surface area (Å²) in [4.78, 5) is 26.8. The Morgan fingerprint density at radius 1 is 1.03 bits per heavy atom. The third-order valence-corrected chi connectivity index (χ3v) is 8.96. The first kappa shape index (κ1) is 26.6. The summed E-state index contributed by atoms with van der Waals surface area (Å²) < 4.78 is 35.0. The second kappa shape index (κ2) is 10.6. The summed E-state index contributed by atoms with van der Waals surface area (Å²) >= 11 is 18.4. The minimum Gasteiger partial charge on any atom is -0.484 e. The molecule has 1 atom stereocenters. The molecule has 2 aliphatic heterocycles. The summed E-state index contributed by atoms with van der Waals surface area (Å²) in [6, 6.07) is 15.4. The van der Waals surface area contributed by atoms with Crippen LogP contribution in [0.4, 0.5) is 11.4 Å². The Labute approximate surface area is 235 Å². The summed E-state index contributed by atoms with van der Waals surface area (Å²) in [6.07, 6.45) is 0.623. The van der Waals surface area contributed by atoms with Gasteiger partial charge in [-0.3, -0.25) is 13.9 Å². The Kier molecular flexibility index (Phi) is 7.46. The molecule has 0 radical (unpaired) electrons. The standard InChI is InChI=1S/C26H22Cl3N3O5S/c27-16-4-1-5-19(12-16)38(35,36)32-15-18(14-31-11-3-8-24(31)33)37-23-10-9-17(13-22(23)32)30-26(34)25-20(28)6-2-7-21(25)29/h1-2,4-7,9-10,12-13,18H,3,8,11,14-15H2,(H,30,34). The van der Waals surface area contributed by atoms with Gasteiger partial charge in [0, 0.05) is 23.7 Å². The smallest absolute Gasteiger partial charge is 0.264 e. The number of hydrogen-bond acceptors (Lipinski definition) is 5. The monoisotopic (exact) mass is 593 g/mol. The predicted molar refractivity (Wildman–Crippen MR) is 147 cm³/mol. The lowest BCUT2D eigenvalue weighted by Crippen LogP contribution is -2.48. The molecule has 3 aromatic rings. The molecule has 2 heterocycles. The van der Waals surface area contributed by atoms with E-state index in [0.717, 1.165) is 6.42 Å². The van der Waals surface area contributed by atoms with Gasteiger partial charge in [0.2, 0.25) is 5.91 Å². The van der Waals surface area contributed by atoms with Gasteiger partial charge >= 0.3 is 0 Å². The van der Waals surface area contributed by atoms with Crippen LogP contribution in [-0.2, 0) is 14.8 Å². The molecule has 1 fully saturated rings. The second-order valence-electron chi connectivity index (χ2n) is 8.91. The van der Waals surface area contributed by atoms with E-state index in [0.29, 0.717) is 24.4 Å². The summed E-state index contributed by atoms with van der Waals surface area (Å²) in [7, 11) is -4.08. The van der Waals surface area contributed by atoms with Gasteiger partial charge in [0.1, 0.15) is 11.9 Å². The summed E-state index contributed by atoms with van der Waals surface area (Å²) in [6.45, 7) is 0.810. The van der Waals surface area contributed by atoms with Gasteiger partial charge in [0.15, 0.2) is 0 Å². The molecule has 0 saturated carbocycles. The number of amides is 2. The van der Waals surface area contributed by atoms with Crippen LogP contribution in [0.25, 0.3) is 0 Å². The molecule has 198 valence electrons. The van der Waals surface area contributed by atoms with Crippen LogP contribution in [0, 0.1) is 0 Å². The number of likely N-dealkylation sites (tertiary alicyclic amines) is 1. The molecule has 1 unspecified atom stereocenters. The molecular formula is C26H22Cl3N3O5S. The van der Waals surface area contributed by atoms with Crippen molar-refractivity contribution in [2.24, 2.45) is 0 Å². The summed E-state index contributed by atoms with van der Waals surface area (Å²) in [5.74, 6) is -0.237. The lowest BCUT2D eigenvalue weighted by Gasteiger charge is -2.37. The fraction of sp³-hybridized carbons (Fsp3) is 0.231. The highest BCUT2D eigenvalue weighted by atomic mass is 35.5. The van der Waals surface area contributed by atoms with E-state index in [1.807, 2.05) is 0 Å². The summed E-state index contributed by atoms with van der Waals surface area (Å²) in [5, 5.41) is 3.36. The van der Waals surface area contributed by atoms with E-state index in [2.05, 4.69) is 5.32 Å². The predicted octanol–water partition coefficient (Wildman–Crippen LogP) is 5.48. The molecule has 3 aromatic carbocycles. The average molecular weight is 595 g/mol.